The van der Waals surface area contributed by atoms with E-state index in [1.165, 1.54) is 25.7 Å². The van der Waals surface area contributed by atoms with Gasteiger partial charge in [0.25, 0.3) is 0 Å². The second kappa shape index (κ2) is 6.62. The van der Waals surface area contributed by atoms with Gasteiger partial charge in [-0.15, -0.1) is 0 Å². The van der Waals surface area contributed by atoms with Crippen LogP contribution in [0, 0.1) is 11.8 Å². The Morgan fingerprint density at radius 1 is 1.35 bits per heavy atom. The van der Waals surface area contributed by atoms with E-state index in [4.69, 9.17) is 5.11 Å². The van der Waals surface area contributed by atoms with Gasteiger partial charge in [-0.2, -0.15) is 0 Å². The maximum atomic E-state index is 11.8. The summed E-state index contributed by atoms with van der Waals surface area (Å²) in [7, 11) is 1.77. The molecule has 1 amide bonds. The van der Waals surface area contributed by atoms with E-state index >= 15 is 0 Å². The fraction of sp³-hybridized carbons (Fsp3) is 0.846. The molecular formula is C13H23NO3. The second-order valence-corrected chi connectivity index (χ2v) is 5.20. The van der Waals surface area contributed by atoms with Crippen molar-refractivity contribution in [2.75, 3.05) is 13.6 Å². The number of carboxylic acid groups (broad SMARTS) is 1. The molecule has 0 aromatic rings. The summed E-state index contributed by atoms with van der Waals surface area (Å²) in [6.07, 6.45) is 6.18. The molecule has 1 N–H and O–H groups in total. The van der Waals surface area contributed by atoms with E-state index in [1.54, 1.807) is 18.9 Å². The maximum absolute atomic E-state index is 11.8. The topological polar surface area (TPSA) is 57.6 Å². The molecule has 1 aliphatic carbocycles. The summed E-state index contributed by atoms with van der Waals surface area (Å²) in [5.41, 5.74) is 0. The minimum absolute atomic E-state index is 0.0506. The van der Waals surface area contributed by atoms with E-state index in [0.717, 1.165) is 18.9 Å². The van der Waals surface area contributed by atoms with Crippen molar-refractivity contribution in [2.45, 2.75) is 45.4 Å². The van der Waals surface area contributed by atoms with E-state index < -0.39 is 11.9 Å². The van der Waals surface area contributed by atoms with Gasteiger partial charge in [-0.3, -0.25) is 9.59 Å². The summed E-state index contributed by atoms with van der Waals surface area (Å²) in [5, 5.41) is 8.65. The lowest BCUT2D eigenvalue weighted by atomic mass is 10.0. The van der Waals surface area contributed by atoms with Crippen molar-refractivity contribution in [3.63, 3.8) is 0 Å². The molecule has 98 valence electrons. The molecule has 17 heavy (non-hydrogen) atoms. The first-order chi connectivity index (χ1) is 8.00. The Kier molecular flexibility index (Phi) is 5.45. The highest BCUT2D eigenvalue weighted by molar-refractivity contribution is 5.82. The fourth-order valence-corrected chi connectivity index (χ4v) is 2.51. The lowest BCUT2D eigenvalue weighted by molar-refractivity contribution is -0.143. The van der Waals surface area contributed by atoms with Gasteiger partial charge in [0, 0.05) is 19.5 Å². The van der Waals surface area contributed by atoms with Crippen LogP contribution in [0.25, 0.3) is 0 Å². The molecule has 0 spiro atoms. The summed E-state index contributed by atoms with van der Waals surface area (Å²) < 4.78 is 0. The largest absolute Gasteiger partial charge is 0.481 e. The number of rotatable bonds is 6. The third-order valence-electron chi connectivity index (χ3n) is 3.63. The van der Waals surface area contributed by atoms with Crippen molar-refractivity contribution in [1.29, 1.82) is 0 Å². The Hall–Kier alpha value is -1.06. The van der Waals surface area contributed by atoms with Gasteiger partial charge < -0.3 is 10.0 Å². The third-order valence-corrected chi connectivity index (χ3v) is 3.63. The molecule has 0 radical (unpaired) electrons. The van der Waals surface area contributed by atoms with Gasteiger partial charge in [-0.25, -0.2) is 0 Å². The number of carbonyl (C=O) groups excluding carboxylic acids is 1. The molecule has 1 rings (SSSR count). The molecule has 1 unspecified atom stereocenters. The van der Waals surface area contributed by atoms with Crippen LogP contribution in [-0.4, -0.2) is 35.5 Å². The van der Waals surface area contributed by atoms with Gasteiger partial charge in [-0.1, -0.05) is 32.6 Å². The summed E-state index contributed by atoms with van der Waals surface area (Å²) in [5.74, 6) is -0.610. The van der Waals surface area contributed by atoms with Crippen LogP contribution in [0.5, 0.6) is 0 Å². The minimum atomic E-state index is -0.907. The number of aliphatic carboxylic acids is 1. The van der Waals surface area contributed by atoms with Gasteiger partial charge in [0.05, 0.1) is 6.42 Å². The highest BCUT2D eigenvalue weighted by atomic mass is 16.4. The van der Waals surface area contributed by atoms with Crippen molar-refractivity contribution >= 4 is 11.9 Å². The van der Waals surface area contributed by atoms with Crippen LogP contribution in [0.4, 0.5) is 0 Å². The van der Waals surface area contributed by atoms with E-state index in [9.17, 15) is 9.59 Å². The van der Waals surface area contributed by atoms with Crippen LogP contribution in [0.1, 0.15) is 45.4 Å². The van der Waals surface area contributed by atoms with Crippen LogP contribution in [0.15, 0.2) is 0 Å². The number of carboxylic acids is 1. The highest BCUT2D eigenvalue weighted by Crippen LogP contribution is 2.27. The van der Waals surface area contributed by atoms with Gasteiger partial charge in [0.15, 0.2) is 0 Å². The van der Waals surface area contributed by atoms with Crippen LogP contribution >= 0.6 is 0 Å². The van der Waals surface area contributed by atoms with E-state index in [0.29, 0.717) is 0 Å². The summed E-state index contributed by atoms with van der Waals surface area (Å²) in [6.45, 7) is 2.44. The van der Waals surface area contributed by atoms with Gasteiger partial charge in [0.1, 0.15) is 0 Å². The Labute approximate surface area is 103 Å². The predicted molar refractivity (Wildman–Crippen MR) is 65.6 cm³/mol. The number of hydrogen-bond acceptors (Lipinski definition) is 2. The Morgan fingerprint density at radius 2 is 1.94 bits per heavy atom. The van der Waals surface area contributed by atoms with Crippen LogP contribution in [0.2, 0.25) is 0 Å². The van der Waals surface area contributed by atoms with Crippen molar-refractivity contribution in [1.82, 2.24) is 4.90 Å². The molecule has 0 aromatic heterocycles. The summed E-state index contributed by atoms with van der Waals surface area (Å²) >= 11 is 0. The van der Waals surface area contributed by atoms with Gasteiger partial charge in [0.2, 0.25) is 5.91 Å². The molecule has 0 heterocycles. The summed E-state index contributed by atoms with van der Waals surface area (Å²) in [6, 6.07) is 0. The standard InChI is InChI=1S/C13H23NO3/c1-10(9-12(15)16)13(17)14(2)8-7-11-5-3-4-6-11/h10-11H,3-9H2,1-2H3,(H,15,16). The van der Waals surface area contributed by atoms with E-state index in [-0.39, 0.29) is 12.3 Å². The first-order valence-electron chi connectivity index (χ1n) is 6.47. The normalized spacial score (nSPS) is 18.0. The number of amides is 1. The van der Waals surface area contributed by atoms with Gasteiger partial charge >= 0.3 is 5.97 Å². The molecular weight excluding hydrogens is 218 g/mol. The SMILES string of the molecule is CC(CC(=O)O)C(=O)N(C)CCC1CCCC1. The zero-order valence-corrected chi connectivity index (χ0v) is 10.8. The average Bonchev–Trinajstić information content (AvgIpc) is 2.76. The third kappa shape index (κ3) is 4.75. The molecule has 0 saturated heterocycles. The van der Waals surface area contributed by atoms with Crippen LogP contribution in [0.3, 0.4) is 0 Å². The Balaban J connectivity index is 2.27. The maximum Gasteiger partial charge on any atom is 0.304 e. The van der Waals surface area contributed by atoms with Crippen molar-refractivity contribution in [3.05, 3.63) is 0 Å². The van der Waals surface area contributed by atoms with Crippen molar-refractivity contribution < 1.29 is 14.7 Å². The highest BCUT2D eigenvalue weighted by Gasteiger charge is 2.21. The monoisotopic (exact) mass is 241 g/mol. The number of nitrogens with zero attached hydrogens (tertiary/aromatic N) is 1. The molecule has 1 saturated carbocycles. The predicted octanol–water partition coefficient (Wildman–Crippen LogP) is 2.14. The first-order valence-corrected chi connectivity index (χ1v) is 6.47. The lowest BCUT2D eigenvalue weighted by Gasteiger charge is -2.22. The first kappa shape index (κ1) is 14.0. The van der Waals surface area contributed by atoms with Crippen LogP contribution in [-0.2, 0) is 9.59 Å². The van der Waals surface area contributed by atoms with E-state index in [1.807, 2.05) is 0 Å². The van der Waals surface area contributed by atoms with Crippen LogP contribution < -0.4 is 0 Å². The zero-order valence-electron chi connectivity index (χ0n) is 10.8. The van der Waals surface area contributed by atoms with Crippen molar-refractivity contribution in [2.24, 2.45) is 11.8 Å². The van der Waals surface area contributed by atoms with E-state index in [2.05, 4.69) is 0 Å². The van der Waals surface area contributed by atoms with Crippen molar-refractivity contribution in [3.8, 4) is 0 Å². The molecule has 1 fully saturated rings. The quantitative estimate of drug-likeness (QED) is 0.775. The Bertz CT molecular complexity index is 272. The molecule has 1 atom stereocenters. The molecule has 0 aliphatic heterocycles. The second-order valence-electron chi connectivity index (χ2n) is 5.20. The smallest absolute Gasteiger partial charge is 0.304 e. The zero-order chi connectivity index (χ0) is 12.8. The lowest BCUT2D eigenvalue weighted by Crippen LogP contribution is -2.34. The minimum Gasteiger partial charge on any atom is -0.481 e. The Morgan fingerprint density at radius 3 is 2.47 bits per heavy atom. The molecule has 0 aromatic carbocycles. The summed E-state index contributed by atoms with van der Waals surface area (Å²) in [4.78, 5) is 24.1. The molecule has 0 bridgehead atoms. The molecule has 4 heteroatoms. The average molecular weight is 241 g/mol. The molecule has 1 aliphatic rings. The fourth-order valence-electron chi connectivity index (χ4n) is 2.51. The van der Waals surface area contributed by atoms with Gasteiger partial charge in [-0.05, 0) is 12.3 Å². The number of carbonyl (C=O) groups is 2. The molecule has 4 nitrogen and oxygen atoms in total. The number of hydrogen-bond donors (Lipinski definition) is 1.